The van der Waals surface area contributed by atoms with Crippen molar-refractivity contribution in [3.8, 4) is 6.07 Å². The minimum Gasteiger partial charge on any atom is -0.406 e. The van der Waals surface area contributed by atoms with Crippen LogP contribution in [-0.2, 0) is 10.0 Å². The number of hydrogen-bond donors (Lipinski definition) is 2. The monoisotopic (exact) mass is 285 g/mol. The fourth-order valence-corrected chi connectivity index (χ4v) is 2.93. The molecule has 1 aromatic heterocycles. The molecule has 2 N–H and O–H groups in total. The van der Waals surface area contributed by atoms with Crippen LogP contribution in [-0.4, -0.2) is 30.4 Å². The molecule has 1 aromatic rings. The minimum atomic E-state index is -3.81. The maximum atomic E-state index is 11.8. The largest absolute Gasteiger partial charge is 0.406 e. The highest BCUT2D eigenvalue weighted by atomic mass is 32.2. The molecule has 1 aliphatic heterocycles. The van der Waals surface area contributed by atoms with Gasteiger partial charge in [0.2, 0.25) is 5.89 Å². The Balaban J connectivity index is 2.09. The highest BCUT2D eigenvalue weighted by Crippen LogP contribution is 2.23. The average Bonchev–Trinajstić information content (AvgIpc) is 2.99. The molecule has 2 heterocycles. The van der Waals surface area contributed by atoms with Crippen molar-refractivity contribution < 1.29 is 12.8 Å². The molecule has 0 spiro atoms. The normalized spacial score (nSPS) is 20.9. The Labute approximate surface area is 111 Å². The third-order valence-electron chi connectivity index (χ3n) is 2.92. The van der Waals surface area contributed by atoms with Crippen LogP contribution < -0.4 is 10.0 Å². The van der Waals surface area contributed by atoms with Gasteiger partial charge in [-0.3, -0.25) is 0 Å². The van der Waals surface area contributed by atoms with Crippen LogP contribution in [0.5, 0.6) is 0 Å². The van der Waals surface area contributed by atoms with Gasteiger partial charge in [0.15, 0.2) is 5.25 Å². The van der Waals surface area contributed by atoms with Crippen molar-refractivity contribution in [1.29, 1.82) is 5.26 Å². The summed E-state index contributed by atoms with van der Waals surface area (Å²) in [6.45, 7) is 2.50. The summed E-state index contributed by atoms with van der Waals surface area (Å²) in [5, 5.41) is 18.3. The highest BCUT2D eigenvalue weighted by molar-refractivity contribution is 7.93. The third-order valence-corrected chi connectivity index (χ3v) is 4.56. The van der Waals surface area contributed by atoms with Gasteiger partial charge in [-0.1, -0.05) is 12.0 Å². The molecular weight excluding hydrogens is 270 g/mol. The average molecular weight is 285 g/mol. The first-order chi connectivity index (χ1) is 9.06. The van der Waals surface area contributed by atoms with E-state index in [1.807, 2.05) is 0 Å². The second-order valence-corrected chi connectivity index (χ2v) is 6.13. The summed E-state index contributed by atoms with van der Waals surface area (Å²) in [7, 11) is -3.81. The van der Waals surface area contributed by atoms with Gasteiger partial charge in [-0.05, 0) is 25.8 Å². The van der Waals surface area contributed by atoms with E-state index in [0.29, 0.717) is 5.89 Å². The van der Waals surface area contributed by atoms with Gasteiger partial charge in [-0.2, -0.15) is 5.26 Å². The lowest BCUT2D eigenvalue weighted by Gasteiger charge is -2.07. The maximum Gasteiger partial charge on any atom is 0.329 e. The summed E-state index contributed by atoms with van der Waals surface area (Å²) in [6, 6.07) is 1.50. The number of hydrogen-bond acceptors (Lipinski definition) is 7. The van der Waals surface area contributed by atoms with E-state index in [1.54, 1.807) is 13.0 Å². The van der Waals surface area contributed by atoms with E-state index in [9.17, 15) is 8.42 Å². The van der Waals surface area contributed by atoms with Crippen molar-refractivity contribution >= 4 is 16.0 Å². The first-order valence-electron chi connectivity index (χ1n) is 6.05. The molecule has 1 aliphatic rings. The predicted molar refractivity (Wildman–Crippen MR) is 66.5 cm³/mol. The smallest absolute Gasteiger partial charge is 0.329 e. The van der Waals surface area contributed by atoms with Crippen LogP contribution in [0.25, 0.3) is 0 Å². The summed E-state index contributed by atoms with van der Waals surface area (Å²) in [5.74, 6) is 0.361. The second-order valence-electron chi connectivity index (χ2n) is 4.27. The number of anilines is 1. The Morgan fingerprint density at radius 3 is 3.00 bits per heavy atom. The van der Waals surface area contributed by atoms with Crippen LogP contribution in [0.15, 0.2) is 4.42 Å². The van der Waals surface area contributed by atoms with E-state index in [2.05, 4.69) is 20.2 Å². The Morgan fingerprint density at radius 1 is 1.63 bits per heavy atom. The number of nitrogens with zero attached hydrogens (tertiary/aromatic N) is 3. The third kappa shape index (κ3) is 3.02. The summed E-state index contributed by atoms with van der Waals surface area (Å²) in [5.41, 5.74) is 0. The van der Waals surface area contributed by atoms with Crippen LogP contribution in [0, 0.1) is 11.3 Å². The van der Waals surface area contributed by atoms with Crippen molar-refractivity contribution in [2.24, 2.45) is 0 Å². The van der Waals surface area contributed by atoms with E-state index < -0.39 is 15.3 Å². The van der Waals surface area contributed by atoms with E-state index in [0.717, 1.165) is 19.4 Å². The van der Waals surface area contributed by atoms with E-state index in [1.165, 1.54) is 0 Å². The van der Waals surface area contributed by atoms with Gasteiger partial charge in [0.1, 0.15) is 0 Å². The molecule has 0 aromatic carbocycles. The van der Waals surface area contributed by atoms with Crippen LogP contribution in [0.3, 0.4) is 0 Å². The molecule has 2 rings (SSSR count). The zero-order valence-electron chi connectivity index (χ0n) is 10.5. The minimum absolute atomic E-state index is 0.0244. The summed E-state index contributed by atoms with van der Waals surface area (Å²) in [6.07, 6.45) is 2.08. The van der Waals surface area contributed by atoms with Crippen LogP contribution >= 0.6 is 0 Å². The maximum absolute atomic E-state index is 11.8. The molecule has 1 fully saturated rings. The van der Waals surface area contributed by atoms with Crippen LogP contribution in [0.1, 0.15) is 38.1 Å². The molecule has 9 heteroatoms. The van der Waals surface area contributed by atoms with E-state index in [4.69, 9.17) is 9.68 Å². The summed E-state index contributed by atoms with van der Waals surface area (Å²) < 4.78 is 31.0. The number of nitriles is 1. The molecule has 0 saturated carbocycles. The van der Waals surface area contributed by atoms with Gasteiger partial charge >= 0.3 is 6.01 Å². The zero-order valence-corrected chi connectivity index (χ0v) is 11.3. The molecule has 2 atom stereocenters. The molecule has 0 radical (unpaired) electrons. The van der Waals surface area contributed by atoms with Crippen molar-refractivity contribution in [3.05, 3.63) is 5.89 Å². The highest BCUT2D eigenvalue weighted by Gasteiger charge is 2.27. The zero-order chi connectivity index (χ0) is 13.9. The molecule has 104 valence electrons. The lowest BCUT2D eigenvalue weighted by atomic mass is 10.2. The molecule has 0 aliphatic carbocycles. The van der Waals surface area contributed by atoms with Gasteiger partial charge < -0.3 is 9.73 Å². The van der Waals surface area contributed by atoms with Crippen molar-refractivity contribution in [2.45, 2.75) is 37.5 Å². The molecule has 1 saturated heterocycles. The topological polar surface area (TPSA) is 121 Å². The van der Waals surface area contributed by atoms with Crippen LogP contribution in [0.4, 0.5) is 6.01 Å². The lowest BCUT2D eigenvalue weighted by Crippen LogP contribution is -2.26. The Bertz CT molecular complexity index is 570. The van der Waals surface area contributed by atoms with Gasteiger partial charge in [-0.15, -0.1) is 5.10 Å². The summed E-state index contributed by atoms with van der Waals surface area (Å²) >= 11 is 0. The molecule has 8 nitrogen and oxygen atoms in total. The Kier molecular flexibility index (Phi) is 4.01. The summed E-state index contributed by atoms with van der Waals surface area (Å²) in [4.78, 5) is 0. The molecule has 0 amide bonds. The molecule has 2 unspecified atom stereocenters. The van der Waals surface area contributed by atoms with Crippen molar-refractivity contribution in [3.63, 3.8) is 0 Å². The standard InChI is InChI=1S/C10H15N5O3S/c1-2-7(6-11)19(16,17)15-10-14-13-9(18-10)8-4-3-5-12-8/h7-8,12H,2-5H2,1H3,(H,14,15). The first-order valence-corrected chi connectivity index (χ1v) is 7.59. The van der Waals surface area contributed by atoms with E-state index in [-0.39, 0.29) is 18.5 Å². The number of aromatic nitrogens is 2. The van der Waals surface area contributed by atoms with Crippen LogP contribution in [0.2, 0.25) is 0 Å². The lowest BCUT2D eigenvalue weighted by molar-refractivity contribution is 0.439. The number of sulfonamides is 1. The second kappa shape index (κ2) is 5.54. The molecule has 0 bridgehead atoms. The fourth-order valence-electron chi connectivity index (χ4n) is 1.88. The van der Waals surface area contributed by atoms with Gasteiger partial charge in [-0.25, -0.2) is 13.1 Å². The van der Waals surface area contributed by atoms with Gasteiger partial charge in [0.25, 0.3) is 10.0 Å². The number of rotatable bonds is 5. The fraction of sp³-hybridized carbons (Fsp3) is 0.700. The SMILES string of the molecule is CCC(C#N)S(=O)(=O)Nc1nnc(C2CCCN2)o1. The molecule has 19 heavy (non-hydrogen) atoms. The van der Waals surface area contributed by atoms with Gasteiger partial charge in [0.05, 0.1) is 12.1 Å². The molecular formula is C10H15N5O3S. The van der Waals surface area contributed by atoms with Crippen molar-refractivity contribution in [1.82, 2.24) is 15.5 Å². The Morgan fingerprint density at radius 2 is 2.42 bits per heavy atom. The first kappa shape index (κ1) is 13.8. The van der Waals surface area contributed by atoms with Gasteiger partial charge in [0, 0.05) is 0 Å². The Hall–Kier alpha value is -1.66. The van der Waals surface area contributed by atoms with Crippen molar-refractivity contribution in [2.75, 3.05) is 11.3 Å². The number of nitrogens with one attached hydrogen (secondary N) is 2. The van der Waals surface area contributed by atoms with E-state index >= 15 is 0 Å². The quantitative estimate of drug-likeness (QED) is 0.809. The predicted octanol–water partition coefficient (Wildman–Crippen LogP) is 0.538.